The van der Waals surface area contributed by atoms with Gasteiger partial charge in [0, 0.05) is 12.5 Å². The molecule has 1 aliphatic rings. The van der Waals surface area contributed by atoms with Crippen molar-refractivity contribution in [3.8, 4) is 6.07 Å². The molecule has 4 nitrogen and oxygen atoms in total. The van der Waals surface area contributed by atoms with Crippen LogP contribution in [-0.2, 0) is 6.42 Å². The Morgan fingerprint density at radius 3 is 2.89 bits per heavy atom. The summed E-state index contributed by atoms with van der Waals surface area (Å²) in [6, 6.07) is 5.77. The SMILES string of the molecule is N#CC1(Cc2cc(F)cc([N+](=O)[O-])c2)CCCS1. The van der Waals surface area contributed by atoms with Gasteiger partial charge in [0.05, 0.1) is 17.1 Å². The van der Waals surface area contributed by atoms with E-state index in [1.807, 2.05) is 0 Å². The van der Waals surface area contributed by atoms with Crippen molar-refractivity contribution >= 4 is 17.4 Å². The van der Waals surface area contributed by atoms with Gasteiger partial charge in [-0.1, -0.05) is 0 Å². The lowest BCUT2D eigenvalue weighted by atomic mass is 9.95. The standard InChI is InChI=1S/C12H11FN2O2S/c13-10-4-9(5-11(6-10)15(16)17)7-12(8-14)2-1-3-18-12/h4-6H,1-3,7H2. The van der Waals surface area contributed by atoms with Crippen LogP contribution in [0.1, 0.15) is 18.4 Å². The minimum Gasteiger partial charge on any atom is -0.258 e. The van der Waals surface area contributed by atoms with Crippen LogP contribution in [0, 0.1) is 27.3 Å². The van der Waals surface area contributed by atoms with Crippen molar-refractivity contribution in [2.24, 2.45) is 0 Å². The Morgan fingerprint density at radius 2 is 2.33 bits per heavy atom. The molecule has 0 spiro atoms. The van der Waals surface area contributed by atoms with Crippen LogP contribution in [0.15, 0.2) is 18.2 Å². The Balaban J connectivity index is 2.29. The summed E-state index contributed by atoms with van der Waals surface area (Å²) in [6.45, 7) is 0. The second-order valence-electron chi connectivity index (χ2n) is 4.31. The predicted molar refractivity (Wildman–Crippen MR) is 66.8 cm³/mol. The van der Waals surface area contributed by atoms with Crippen LogP contribution in [0.2, 0.25) is 0 Å². The number of hydrogen-bond donors (Lipinski definition) is 0. The van der Waals surface area contributed by atoms with E-state index >= 15 is 0 Å². The molecule has 2 rings (SSSR count). The predicted octanol–water partition coefficient (Wildman–Crippen LogP) is 3.07. The molecule has 1 aromatic carbocycles. The average Bonchev–Trinajstić information content (AvgIpc) is 2.77. The molecule has 0 aromatic heterocycles. The summed E-state index contributed by atoms with van der Waals surface area (Å²) in [5, 5.41) is 19.9. The van der Waals surface area contributed by atoms with Crippen LogP contribution in [0.25, 0.3) is 0 Å². The van der Waals surface area contributed by atoms with Gasteiger partial charge in [-0.3, -0.25) is 10.1 Å². The minimum atomic E-state index is -0.629. The fourth-order valence-corrected chi connectivity index (χ4v) is 3.44. The Kier molecular flexibility index (Phi) is 3.53. The van der Waals surface area contributed by atoms with Crippen LogP contribution in [0.4, 0.5) is 10.1 Å². The van der Waals surface area contributed by atoms with Crippen molar-refractivity contribution in [1.29, 1.82) is 5.26 Å². The number of thioether (sulfide) groups is 1. The Morgan fingerprint density at radius 1 is 1.56 bits per heavy atom. The number of halogens is 1. The smallest absolute Gasteiger partial charge is 0.258 e. The van der Waals surface area contributed by atoms with Gasteiger partial charge < -0.3 is 0 Å². The van der Waals surface area contributed by atoms with E-state index in [0.29, 0.717) is 12.0 Å². The number of benzene rings is 1. The lowest BCUT2D eigenvalue weighted by molar-refractivity contribution is -0.385. The van der Waals surface area contributed by atoms with Crippen LogP contribution < -0.4 is 0 Å². The summed E-state index contributed by atoms with van der Waals surface area (Å²) in [6.07, 6.45) is 2.06. The monoisotopic (exact) mass is 266 g/mol. The molecule has 94 valence electrons. The summed E-state index contributed by atoms with van der Waals surface area (Å²) >= 11 is 1.55. The Labute approximate surface area is 108 Å². The van der Waals surface area contributed by atoms with Gasteiger partial charge in [-0.15, -0.1) is 11.8 Å². The molecule has 0 amide bonds. The maximum atomic E-state index is 13.3. The van der Waals surface area contributed by atoms with E-state index in [1.54, 1.807) is 11.8 Å². The van der Waals surface area contributed by atoms with Crippen molar-refractivity contribution in [2.75, 3.05) is 5.75 Å². The summed E-state index contributed by atoms with van der Waals surface area (Å²) in [4.78, 5) is 10.0. The van der Waals surface area contributed by atoms with Crippen molar-refractivity contribution in [2.45, 2.75) is 24.0 Å². The summed E-state index contributed by atoms with van der Waals surface area (Å²) in [7, 11) is 0. The fraction of sp³-hybridized carbons (Fsp3) is 0.417. The van der Waals surface area contributed by atoms with E-state index in [2.05, 4.69) is 6.07 Å². The van der Waals surface area contributed by atoms with Crippen LogP contribution in [0.5, 0.6) is 0 Å². The maximum absolute atomic E-state index is 13.3. The largest absolute Gasteiger partial charge is 0.272 e. The number of nitriles is 1. The van der Waals surface area contributed by atoms with E-state index < -0.39 is 15.5 Å². The lowest BCUT2D eigenvalue weighted by Crippen LogP contribution is -2.21. The third kappa shape index (κ3) is 2.62. The molecule has 18 heavy (non-hydrogen) atoms. The molecule has 0 saturated carbocycles. The van der Waals surface area contributed by atoms with E-state index in [0.717, 1.165) is 24.7 Å². The van der Waals surface area contributed by atoms with Crippen molar-refractivity contribution in [1.82, 2.24) is 0 Å². The number of non-ortho nitro benzene ring substituents is 1. The molecule has 1 atom stereocenters. The van der Waals surface area contributed by atoms with Crippen molar-refractivity contribution in [3.05, 3.63) is 39.7 Å². The van der Waals surface area contributed by atoms with Gasteiger partial charge in [-0.05, 0) is 30.2 Å². The zero-order chi connectivity index (χ0) is 13.2. The van der Waals surface area contributed by atoms with E-state index in [9.17, 15) is 19.8 Å². The summed E-state index contributed by atoms with van der Waals surface area (Å²) in [5.74, 6) is 0.278. The zero-order valence-electron chi connectivity index (χ0n) is 9.56. The van der Waals surface area contributed by atoms with Crippen LogP contribution in [-0.4, -0.2) is 15.4 Å². The number of nitrogens with zero attached hydrogens (tertiary/aromatic N) is 2. The molecule has 1 aliphatic heterocycles. The normalized spacial score (nSPS) is 22.7. The zero-order valence-corrected chi connectivity index (χ0v) is 10.4. The fourth-order valence-electron chi connectivity index (χ4n) is 2.14. The molecule has 1 unspecified atom stereocenters. The second-order valence-corrected chi connectivity index (χ2v) is 5.79. The molecule has 1 saturated heterocycles. The molecular weight excluding hydrogens is 255 g/mol. The van der Waals surface area contributed by atoms with Gasteiger partial charge in [-0.2, -0.15) is 5.26 Å². The number of rotatable bonds is 3. The van der Waals surface area contributed by atoms with Crippen LogP contribution in [0.3, 0.4) is 0 Å². The van der Waals surface area contributed by atoms with Crippen molar-refractivity contribution in [3.63, 3.8) is 0 Å². The maximum Gasteiger partial charge on any atom is 0.272 e. The van der Waals surface area contributed by atoms with Gasteiger partial charge >= 0.3 is 0 Å². The van der Waals surface area contributed by atoms with Crippen LogP contribution >= 0.6 is 11.8 Å². The highest BCUT2D eigenvalue weighted by atomic mass is 32.2. The van der Waals surface area contributed by atoms with Gasteiger partial charge in [0.25, 0.3) is 5.69 Å². The molecule has 0 aliphatic carbocycles. The van der Waals surface area contributed by atoms with Gasteiger partial charge in [0.15, 0.2) is 0 Å². The third-order valence-corrected chi connectivity index (χ3v) is 4.44. The highest BCUT2D eigenvalue weighted by Gasteiger charge is 2.35. The summed E-state index contributed by atoms with van der Waals surface area (Å²) in [5.41, 5.74) is 0.249. The van der Waals surface area contributed by atoms with Gasteiger partial charge in [-0.25, -0.2) is 4.39 Å². The minimum absolute atomic E-state index is 0.263. The molecule has 1 fully saturated rings. The molecule has 1 heterocycles. The highest BCUT2D eigenvalue weighted by Crippen LogP contribution is 2.40. The first-order valence-corrected chi connectivity index (χ1v) is 6.52. The topological polar surface area (TPSA) is 66.9 Å². The lowest BCUT2D eigenvalue weighted by Gasteiger charge is -2.18. The molecule has 1 aromatic rings. The average molecular weight is 266 g/mol. The van der Waals surface area contributed by atoms with Gasteiger partial charge in [0.2, 0.25) is 0 Å². The number of hydrogen-bond acceptors (Lipinski definition) is 4. The highest BCUT2D eigenvalue weighted by molar-refractivity contribution is 8.01. The quantitative estimate of drug-likeness (QED) is 0.623. The number of nitro groups is 1. The second kappa shape index (κ2) is 4.94. The number of nitro benzene ring substituents is 1. The molecule has 0 radical (unpaired) electrons. The van der Waals surface area contributed by atoms with E-state index in [-0.39, 0.29) is 5.69 Å². The molecule has 0 N–H and O–H groups in total. The molecular formula is C12H11FN2O2S. The Bertz CT molecular complexity index is 521. The molecule has 0 bridgehead atoms. The van der Waals surface area contributed by atoms with E-state index in [4.69, 9.17) is 0 Å². The molecule has 6 heteroatoms. The first-order chi connectivity index (χ1) is 8.54. The third-order valence-electron chi connectivity index (χ3n) is 2.95. The van der Waals surface area contributed by atoms with Crippen molar-refractivity contribution < 1.29 is 9.31 Å². The van der Waals surface area contributed by atoms with Gasteiger partial charge in [0.1, 0.15) is 10.6 Å². The summed E-state index contributed by atoms with van der Waals surface area (Å²) < 4.78 is 12.7. The first-order valence-electron chi connectivity index (χ1n) is 5.54. The first kappa shape index (κ1) is 12.8. The Hall–Kier alpha value is -1.61. The van der Waals surface area contributed by atoms with E-state index in [1.165, 1.54) is 12.1 Å².